The lowest BCUT2D eigenvalue weighted by molar-refractivity contribution is -0.117. The number of benzene rings is 2. The van der Waals surface area contributed by atoms with Crippen LogP contribution in [0.25, 0.3) is 11.4 Å². The van der Waals surface area contributed by atoms with E-state index in [2.05, 4.69) is 15.5 Å². The number of aryl methyl sites for hydroxylation is 2. The summed E-state index contributed by atoms with van der Waals surface area (Å²) in [4.78, 5) is 26.5. The molecule has 0 atom stereocenters. The number of anilines is 2. The molecular weight excluding hydrogens is 398 g/mol. The van der Waals surface area contributed by atoms with Crippen molar-refractivity contribution in [3.8, 4) is 11.4 Å². The van der Waals surface area contributed by atoms with Crippen LogP contribution in [0, 0.1) is 18.6 Å². The molecule has 7 nitrogen and oxygen atoms in total. The van der Waals surface area contributed by atoms with Crippen molar-refractivity contribution in [1.82, 2.24) is 14.8 Å². The minimum absolute atomic E-state index is 0.0457. The molecule has 0 radical (unpaired) electrons. The number of amides is 2. The highest BCUT2D eigenvalue weighted by Crippen LogP contribution is 2.27. The van der Waals surface area contributed by atoms with Gasteiger partial charge in [0.1, 0.15) is 6.54 Å². The number of hydrogen-bond acceptors (Lipinski definition) is 4. The minimum Gasteiger partial charge on any atom is -0.325 e. The Morgan fingerprint density at radius 2 is 2.07 bits per heavy atom. The molecule has 154 valence electrons. The van der Waals surface area contributed by atoms with Crippen molar-refractivity contribution in [2.45, 2.75) is 33.2 Å². The zero-order valence-corrected chi connectivity index (χ0v) is 17.8. The van der Waals surface area contributed by atoms with Crippen LogP contribution in [-0.2, 0) is 16.1 Å². The van der Waals surface area contributed by atoms with Gasteiger partial charge >= 0.3 is 0 Å². The maximum absolute atomic E-state index is 12.7. The van der Waals surface area contributed by atoms with Crippen molar-refractivity contribution in [1.29, 1.82) is 0 Å². The quantitative estimate of drug-likeness (QED) is 0.610. The van der Waals surface area contributed by atoms with E-state index in [0.29, 0.717) is 22.7 Å². The summed E-state index contributed by atoms with van der Waals surface area (Å²) in [6.45, 7) is 4.73. The summed E-state index contributed by atoms with van der Waals surface area (Å²) < 4.78 is 2.07. The molecule has 1 fully saturated rings. The molecule has 2 heterocycles. The van der Waals surface area contributed by atoms with Gasteiger partial charge < -0.3 is 10.2 Å². The smallest absolute Gasteiger partial charge is 0.244 e. The molecule has 2 aromatic carbocycles. The fraction of sp³-hybridized carbons (Fsp3) is 0.273. The standard InChI is InChI=1S/C22H23N5O2S/c1-14-5-3-6-16(11-14)21-24-25-22(30)27(21)13-19(28)23-17-8-9-18(15(2)12-17)26-10-4-7-20(26)29/h3,5-6,8-9,11-12H,4,7,10,13H2,1-2H3,(H,23,28)(H,25,30). The molecule has 2 amide bonds. The average Bonchev–Trinajstić information content (AvgIpc) is 3.28. The summed E-state index contributed by atoms with van der Waals surface area (Å²) in [5.74, 6) is 0.566. The highest BCUT2D eigenvalue weighted by Gasteiger charge is 2.23. The Labute approximate surface area is 179 Å². The number of aromatic amines is 1. The third-order valence-corrected chi connectivity index (χ3v) is 5.49. The van der Waals surface area contributed by atoms with Crippen LogP contribution in [0.4, 0.5) is 11.4 Å². The Morgan fingerprint density at radius 1 is 1.23 bits per heavy atom. The molecule has 2 N–H and O–H groups in total. The van der Waals surface area contributed by atoms with Gasteiger partial charge in [-0.05, 0) is 62.3 Å². The maximum Gasteiger partial charge on any atom is 0.244 e. The molecule has 0 spiro atoms. The van der Waals surface area contributed by atoms with E-state index in [1.165, 1.54) is 0 Å². The van der Waals surface area contributed by atoms with E-state index >= 15 is 0 Å². The van der Waals surface area contributed by atoms with Crippen LogP contribution in [0.1, 0.15) is 24.0 Å². The van der Waals surface area contributed by atoms with Gasteiger partial charge in [-0.1, -0.05) is 23.8 Å². The van der Waals surface area contributed by atoms with Gasteiger partial charge in [-0.15, -0.1) is 0 Å². The first-order chi connectivity index (χ1) is 14.4. The number of nitrogens with zero attached hydrogens (tertiary/aromatic N) is 3. The predicted octanol–water partition coefficient (Wildman–Crippen LogP) is 3.99. The van der Waals surface area contributed by atoms with Crippen LogP contribution in [0.3, 0.4) is 0 Å². The van der Waals surface area contributed by atoms with E-state index in [-0.39, 0.29) is 18.4 Å². The minimum atomic E-state index is -0.203. The van der Waals surface area contributed by atoms with Gasteiger partial charge in [0.05, 0.1) is 0 Å². The largest absolute Gasteiger partial charge is 0.325 e. The van der Waals surface area contributed by atoms with Gasteiger partial charge in [-0.25, -0.2) is 0 Å². The lowest BCUT2D eigenvalue weighted by Crippen LogP contribution is -2.24. The average molecular weight is 422 g/mol. The molecule has 3 aromatic rings. The van der Waals surface area contributed by atoms with Gasteiger partial charge in [-0.3, -0.25) is 19.3 Å². The van der Waals surface area contributed by atoms with Crippen LogP contribution in [0.5, 0.6) is 0 Å². The molecule has 0 saturated carbocycles. The summed E-state index contributed by atoms with van der Waals surface area (Å²) in [6, 6.07) is 13.5. The summed E-state index contributed by atoms with van der Waals surface area (Å²) >= 11 is 5.33. The maximum atomic E-state index is 12.7. The number of nitrogens with one attached hydrogen (secondary N) is 2. The highest BCUT2D eigenvalue weighted by molar-refractivity contribution is 7.71. The van der Waals surface area contributed by atoms with E-state index in [9.17, 15) is 9.59 Å². The first-order valence-electron chi connectivity index (χ1n) is 9.85. The molecule has 1 saturated heterocycles. The normalized spacial score (nSPS) is 13.7. The molecule has 4 rings (SSSR count). The Kier molecular flexibility index (Phi) is 5.50. The fourth-order valence-electron chi connectivity index (χ4n) is 3.75. The van der Waals surface area contributed by atoms with Gasteiger partial charge in [0.15, 0.2) is 10.6 Å². The van der Waals surface area contributed by atoms with Gasteiger partial charge in [-0.2, -0.15) is 5.10 Å². The second-order valence-electron chi connectivity index (χ2n) is 7.51. The van der Waals surface area contributed by atoms with Gasteiger partial charge in [0.2, 0.25) is 11.8 Å². The second kappa shape index (κ2) is 8.23. The molecule has 30 heavy (non-hydrogen) atoms. The molecule has 1 aliphatic rings. The highest BCUT2D eigenvalue weighted by atomic mass is 32.1. The lowest BCUT2D eigenvalue weighted by Gasteiger charge is -2.19. The zero-order chi connectivity index (χ0) is 21.3. The Hall–Kier alpha value is -3.26. The summed E-state index contributed by atoms with van der Waals surface area (Å²) in [5, 5.41) is 9.98. The Bertz CT molecular complexity index is 1180. The predicted molar refractivity (Wildman–Crippen MR) is 119 cm³/mol. The van der Waals surface area contributed by atoms with Gasteiger partial charge in [0.25, 0.3) is 0 Å². The van der Waals surface area contributed by atoms with Crippen LogP contribution in [0.2, 0.25) is 0 Å². The van der Waals surface area contributed by atoms with E-state index in [4.69, 9.17) is 12.2 Å². The summed E-state index contributed by atoms with van der Waals surface area (Å²) in [6.07, 6.45) is 1.47. The SMILES string of the molecule is Cc1cccc(-c2n[nH]c(=S)n2CC(=O)Nc2ccc(N3CCCC3=O)c(C)c2)c1. The molecular formula is C22H23N5O2S. The molecule has 1 aliphatic heterocycles. The van der Waals surface area contributed by atoms with Crippen molar-refractivity contribution < 1.29 is 9.59 Å². The Balaban J connectivity index is 1.51. The third-order valence-electron chi connectivity index (χ3n) is 5.18. The van der Waals surface area contributed by atoms with Crippen LogP contribution >= 0.6 is 12.2 Å². The third kappa shape index (κ3) is 4.04. The number of hydrogen-bond donors (Lipinski definition) is 2. The fourth-order valence-corrected chi connectivity index (χ4v) is 3.95. The molecule has 0 unspecified atom stereocenters. The van der Waals surface area contributed by atoms with Crippen molar-refractivity contribution in [3.63, 3.8) is 0 Å². The van der Waals surface area contributed by atoms with Crippen LogP contribution < -0.4 is 10.2 Å². The topological polar surface area (TPSA) is 83.0 Å². The van der Waals surface area contributed by atoms with Gasteiger partial charge in [0, 0.05) is 29.9 Å². The number of carbonyl (C=O) groups is 2. The van der Waals surface area contributed by atoms with Crippen molar-refractivity contribution in [2.24, 2.45) is 0 Å². The van der Waals surface area contributed by atoms with Crippen LogP contribution in [0.15, 0.2) is 42.5 Å². The second-order valence-corrected chi connectivity index (χ2v) is 7.89. The molecule has 8 heteroatoms. The van der Waals surface area contributed by atoms with E-state index < -0.39 is 0 Å². The molecule has 0 aliphatic carbocycles. The number of H-pyrrole nitrogens is 1. The van der Waals surface area contributed by atoms with Crippen molar-refractivity contribution in [3.05, 3.63) is 58.4 Å². The van der Waals surface area contributed by atoms with E-state index in [1.54, 1.807) is 9.47 Å². The van der Waals surface area contributed by atoms with Crippen LogP contribution in [-0.4, -0.2) is 33.1 Å². The number of rotatable bonds is 5. The monoisotopic (exact) mass is 421 g/mol. The van der Waals surface area contributed by atoms with E-state index in [1.807, 2.05) is 56.3 Å². The van der Waals surface area contributed by atoms with E-state index in [0.717, 1.165) is 35.3 Å². The number of aromatic nitrogens is 3. The first-order valence-corrected chi connectivity index (χ1v) is 10.3. The molecule has 1 aromatic heterocycles. The molecule has 0 bridgehead atoms. The Morgan fingerprint density at radius 3 is 2.77 bits per heavy atom. The summed E-state index contributed by atoms with van der Waals surface area (Å²) in [7, 11) is 0. The summed E-state index contributed by atoms with van der Waals surface area (Å²) in [5.41, 5.74) is 4.52. The lowest BCUT2D eigenvalue weighted by atomic mass is 10.1. The van der Waals surface area contributed by atoms with Crippen molar-refractivity contribution >= 4 is 35.4 Å². The first kappa shape index (κ1) is 20.0. The number of carbonyl (C=O) groups excluding carboxylic acids is 2. The van der Waals surface area contributed by atoms with Crippen molar-refractivity contribution in [2.75, 3.05) is 16.8 Å². The zero-order valence-electron chi connectivity index (χ0n) is 16.9.